The third kappa shape index (κ3) is 4.43. The van der Waals surface area contributed by atoms with E-state index in [2.05, 4.69) is 27.5 Å². The van der Waals surface area contributed by atoms with Gasteiger partial charge in [-0.2, -0.15) is 0 Å². The maximum absolute atomic E-state index is 13.6. The molecule has 0 aliphatic heterocycles. The lowest BCUT2D eigenvalue weighted by atomic mass is 10.2. The number of halogens is 3. The molecule has 2 aromatic rings. The van der Waals surface area contributed by atoms with Crippen LogP contribution >= 0.6 is 0 Å². The number of aromatic nitrogens is 2. The van der Waals surface area contributed by atoms with E-state index in [9.17, 15) is 18.0 Å². The van der Waals surface area contributed by atoms with Crippen molar-refractivity contribution in [3.63, 3.8) is 0 Å². The van der Waals surface area contributed by atoms with Crippen LogP contribution in [-0.2, 0) is 0 Å². The summed E-state index contributed by atoms with van der Waals surface area (Å²) in [5.74, 6) is -4.92. The molecule has 5 nitrogen and oxygen atoms in total. The number of unbranched alkanes of at least 4 members (excludes halogenated alkanes) is 2. The third-order valence-electron chi connectivity index (χ3n) is 3.24. The molecule has 1 aromatic heterocycles. The second kappa shape index (κ2) is 8.28. The third-order valence-corrected chi connectivity index (χ3v) is 3.24. The Balaban J connectivity index is 2.06. The summed E-state index contributed by atoms with van der Waals surface area (Å²) in [5.41, 5.74) is -0.484. The molecular formula is C16H17F3N4O. The van der Waals surface area contributed by atoms with Gasteiger partial charge in [0, 0.05) is 12.7 Å². The van der Waals surface area contributed by atoms with Crippen LogP contribution in [-0.4, -0.2) is 22.4 Å². The topological polar surface area (TPSA) is 66.9 Å². The van der Waals surface area contributed by atoms with Crippen molar-refractivity contribution in [3.8, 4) is 0 Å². The van der Waals surface area contributed by atoms with Gasteiger partial charge in [0.25, 0.3) is 5.91 Å². The summed E-state index contributed by atoms with van der Waals surface area (Å²) in [7, 11) is 0. The van der Waals surface area contributed by atoms with E-state index >= 15 is 0 Å². The van der Waals surface area contributed by atoms with E-state index in [0.29, 0.717) is 6.54 Å². The van der Waals surface area contributed by atoms with Crippen molar-refractivity contribution in [1.82, 2.24) is 9.97 Å². The molecule has 128 valence electrons. The fourth-order valence-corrected chi connectivity index (χ4v) is 1.95. The Morgan fingerprint density at radius 2 is 1.92 bits per heavy atom. The van der Waals surface area contributed by atoms with Gasteiger partial charge < -0.3 is 10.6 Å². The van der Waals surface area contributed by atoms with Gasteiger partial charge in [0.15, 0.2) is 17.5 Å². The number of carbonyl (C=O) groups excluding carboxylic acids is 1. The molecular weight excluding hydrogens is 321 g/mol. The van der Waals surface area contributed by atoms with Crippen LogP contribution in [0.4, 0.5) is 24.8 Å². The molecule has 1 heterocycles. The van der Waals surface area contributed by atoms with E-state index in [1.54, 1.807) is 0 Å². The molecule has 24 heavy (non-hydrogen) atoms. The predicted octanol–water partition coefficient (Wildman–Crippen LogP) is 3.75. The number of benzene rings is 1. The average Bonchev–Trinajstić information content (AvgIpc) is 2.59. The fourth-order valence-electron chi connectivity index (χ4n) is 1.95. The summed E-state index contributed by atoms with van der Waals surface area (Å²) in [5, 5.41) is 5.14. The Labute approximate surface area is 137 Å². The Morgan fingerprint density at radius 3 is 2.67 bits per heavy atom. The standard InChI is InChI=1S/C16H17F3N4O/c1-2-3-4-8-20-16-21-9-7-12(23-16)15(24)22-11-6-5-10(17)13(18)14(11)19/h5-7,9H,2-4,8H2,1H3,(H,22,24)(H,20,21,23). The van der Waals surface area contributed by atoms with Gasteiger partial charge in [0.2, 0.25) is 5.95 Å². The smallest absolute Gasteiger partial charge is 0.274 e. The number of hydrogen-bond donors (Lipinski definition) is 2. The maximum Gasteiger partial charge on any atom is 0.274 e. The SMILES string of the molecule is CCCCCNc1nccc(C(=O)Nc2ccc(F)c(F)c2F)n1. The second-order valence-corrected chi connectivity index (χ2v) is 5.08. The Morgan fingerprint density at radius 1 is 1.12 bits per heavy atom. The zero-order valence-electron chi connectivity index (χ0n) is 13.1. The van der Waals surface area contributed by atoms with Gasteiger partial charge in [-0.1, -0.05) is 19.8 Å². The van der Waals surface area contributed by atoms with Crippen LogP contribution < -0.4 is 10.6 Å². The Kier molecular flexibility index (Phi) is 6.11. The highest BCUT2D eigenvalue weighted by Crippen LogP contribution is 2.20. The number of nitrogens with one attached hydrogen (secondary N) is 2. The van der Waals surface area contributed by atoms with Crippen LogP contribution in [0.3, 0.4) is 0 Å². The van der Waals surface area contributed by atoms with Crippen molar-refractivity contribution in [2.24, 2.45) is 0 Å². The van der Waals surface area contributed by atoms with Gasteiger partial charge in [0.1, 0.15) is 5.69 Å². The van der Waals surface area contributed by atoms with Crippen molar-refractivity contribution < 1.29 is 18.0 Å². The number of amides is 1. The molecule has 0 aliphatic rings. The summed E-state index contributed by atoms with van der Waals surface area (Å²) in [6, 6.07) is 3.01. The molecule has 8 heteroatoms. The van der Waals surface area contributed by atoms with Gasteiger partial charge in [-0.05, 0) is 24.6 Å². The minimum Gasteiger partial charge on any atom is -0.354 e. The molecule has 0 bridgehead atoms. The maximum atomic E-state index is 13.6. The van der Waals surface area contributed by atoms with Crippen molar-refractivity contribution in [2.45, 2.75) is 26.2 Å². The molecule has 1 aromatic carbocycles. The van der Waals surface area contributed by atoms with E-state index in [-0.39, 0.29) is 11.6 Å². The first-order valence-electron chi connectivity index (χ1n) is 7.54. The predicted molar refractivity (Wildman–Crippen MR) is 84.3 cm³/mol. The summed E-state index contributed by atoms with van der Waals surface area (Å²) < 4.78 is 39.6. The minimum atomic E-state index is -1.64. The molecule has 0 saturated carbocycles. The van der Waals surface area contributed by atoms with Crippen LogP contribution in [0.5, 0.6) is 0 Å². The summed E-state index contributed by atoms with van der Waals surface area (Å²) in [6.45, 7) is 2.75. The zero-order chi connectivity index (χ0) is 17.5. The number of rotatable bonds is 7. The fraction of sp³-hybridized carbons (Fsp3) is 0.312. The average molecular weight is 338 g/mol. The Hall–Kier alpha value is -2.64. The molecule has 0 fully saturated rings. The number of nitrogens with zero attached hydrogens (tertiary/aromatic N) is 2. The molecule has 2 N–H and O–H groups in total. The quantitative estimate of drug-likeness (QED) is 0.596. The van der Waals surface area contributed by atoms with Crippen LogP contribution in [0, 0.1) is 17.5 Å². The van der Waals surface area contributed by atoms with Crippen LogP contribution in [0.15, 0.2) is 24.4 Å². The number of carbonyl (C=O) groups is 1. The van der Waals surface area contributed by atoms with E-state index in [0.717, 1.165) is 31.4 Å². The van der Waals surface area contributed by atoms with E-state index < -0.39 is 29.0 Å². The lowest BCUT2D eigenvalue weighted by Crippen LogP contribution is -2.17. The van der Waals surface area contributed by atoms with E-state index in [1.807, 2.05) is 0 Å². The molecule has 0 atom stereocenters. The van der Waals surface area contributed by atoms with Gasteiger partial charge in [0.05, 0.1) is 5.69 Å². The highest BCUT2D eigenvalue weighted by molar-refractivity contribution is 6.03. The van der Waals surface area contributed by atoms with E-state index in [1.165, 1.54) is 12.3 Å². The largest absolute Gasteiger partial charge is 0.354 e. The lowest BCUT2D eigenvalue weighted by Gasteiger charge is -2.08. The van der Waals surface area contributed by atoms with Crippen LogP contribution in [0.2, 0.25) is 0 Å². The first-order chi connectivity index (χ1) is 11.5. The van der Waals surface area contributed by atoms with Gasteiger partial charge in [-0.3, -0.25) is 4.79 Å². The van der Waals surface area contributed by atoms with Crippen molar-refractivity contribution in [1.29, 1.82) is 0 Å². The van der Waals surface area contributed by atoms with Crippen LogP contribution in [0.25, 0.3) is 0 Å². The summed E-state index contributed by atoms with van der Waals surface area (Å²) >= 11 is 0. The van der Waals surface area contributed by atoms with Crippen molar-refractivity contribution in [3.05, 3.63) is 47.5 Å². The van der Waals surface area contributed by atoms with E-state index in [4.69, 9.17) is 0 Å². The number of anilines is 2. The zero-order valence-corrected chi connectivity index (χ0v) is 13.1. The van der Waals surface area contributed by atoms with Gasteiger partial charge >= 0.3 is 0 Å². The molecule has 0 radical (unpaired) electrons. The molecule has 0 unspecified atom stereocenters. The lowest BCUT2D eigenvalue weighted by molar-refractivity contribution is 0.102. The first-order valence-corrected chi connectivity index (χ1v) is 7.54. The molecule has 0 spiro atoms. The minimum absolute atomic E-state index is 0.0212. The van der Waals surface area contributed by atoms with Crippen molar-refractivity contribution >= 4 is 17.5 Å². The second-order valence-electron chi connectivity index (χ2n) is 5.08. The first kappa shape index (κ1) is 17.7. The Bertz CT molecular complexity index is 724. The highest BCUT2D eigenvalue weighted by atomic mass is 19.2. The van der Waals surface area contributed by atoms with Crippen LogP contribution in [0.1, 0.15) is 36.7 Å². The molecule has 0 aliphatic carbocycles. The monoisotopic (exact) mass is 338 g/mol. The molecule has 2 rings (SSSR count). The van der Waals surface area contributed by atoms with Gasteiger partial charge in [-0.25, -0.2) is 23.1 Å². The summed E-state index contributed by atoms with van der Waals surface area (Å²) in [6.07, 6.45) is 4.45. The normalized spacial score (nSPS) is 10.5. The number of hydrogen-bond acceptors (Lipinski definition) is 4. The summed E-state index contributed by atoms with van der Waals surface area (Å²) in [4.78, 5) is 20.1. The molecule has 1 amide bonds. The van der Waals surface area contributed by atoms with Crippen molar-refractivity contribution in [2.75, 3.05) is 17.2 Å². The highest BCUT2D eigenvalue weighted by Gasteiger charge is 2.17. The molecule has 0 saturated heterocycles. The van der Waals surface area contributed by atoms with Gasteiger partial charge in [-0.15, -0.1) is 0 Å².